The van der Waals surface area contributed by atoms with E-state index in [4.69, 9.17) is 9.47 Å². The maximum atomic E-state index is 11.8. The number of aliphatic hydroxyl groups is 2. The SMILES string of the molecule is CC/C=C/CC(O)/C=C/C=C/CCCCCCCC(=O)OC[C@@H](O)COC(=O)CCCCCCCCC. The van der Waals surface area contributed by atoms with Gasteiger partial charge < -0.3 is 19.7 Å². The molecule has 0 spiro atoms. The van der Waals surface area contributed by atoms with Gasteiger partial charge in [-0.2, -0.15) is 0 Å². The van der Waals surface area contributed by atoms with Gasteiger partial charge >= 0.3 is 11.9 Å². The summed E-state index contributed by atoms with van der Waals surface area (Å²) in [5.74, 6) is -0.629. The Hall–Kier alpha value is -1.92. The number of hydrogen-bond acceptors (Lipinski definition) is 6. The molecule has 37 heavy (non-hydrogen) atoms. The lowest BCUT2D eigenvalue weighted by Crippen LogP contribution is -2.25. The molecule has 0 heterocycles. The average Bonchev–Trinajstić information content (AvgIpc) is 2.89. The van der Waals surface area contributed by atoms with Crippen molar-refractivity contribution in [1.29, 1.82) is 0 Å². The van der Waals surface area contributed by atoms with Gasteiger partial charge in [-0.25, -0.2) is 0 Å². The maximum absolute atomic E-state index is 11.8. The Morgan fingerprint density at radius 3 is 1.78 bits per heavy atom. The van der Waals surface area contributed by atoms with Crippen LogP contribution >= 0.6 is 0 Å². The van der Waals surface area contributed by atoms with Gasteiger partial charge in [-0.05, 0) is 38.5 Å². The molecule has 0 fully saturated rings. The highest BCUT2D eigenvalue weighted by molar-refractivity contribution is 5.69. The van der Waals surface area contributed by atoms with Gasteiger partial charge in [0.15, 0.2) is 0 Å². The largest absolute Gasteiger partial charge is 0.463 e. The number of rotatable bonds is 25. The number of unbranched alkanes of at least 4 members (excludes halogenated alkanes) is 11. The minimum atomic E-state index is -0.981. The fourth-order valence-corrected chi connectivity index (χ4v) is 3.71. The van der Waals surface area contributed by atoms with Crippen LogP contribution in [0, 0.1) is 0 Å². The van der Waals surface area contributed by atoms with E-state index in [1.54, 1.807) is 6.08 Å². The topological polar surface area (TPSA) is 93.1 Å². The van der Waals surface area contributed by atoms with Crippen LogP contribution in [0.4, 0.5) is 0 Å². The first-order valence-electron chi connectivity index (χ1n) is 14.6. The Morgan fingerprint density at radius 1 is 0.676 bits per heavy atom. The van der Waals surface area contributed by atoms with Crippen LogP contribution in [0.2, 0.25) is 0 Å². The smallest absolute Gasteiger partial charge is 0.305 e. The van der Waals surface area contributed by atoms with Gasteiger partial charge in [0.2, 0.25) is 0 Å². The quantitative estimate of drug-likeness (QED) is 0.0573. The molecule has 0 aromatic rings. The molecule has 1 unspecified atom stereocenters. The highest BCUT2D eigenvalue weighted by atomic mass is 16.6. The summed E-state index contributed by atoms with van der Waals surface area (Å²) in [6, 6.07) is 0. The van der Waals surface area contributed by atoms with Crippen molar-refractivity contribution in [2.45, 2.75) is 135 Å². The number of hydrogen-bond donors (Lipinski definition) is 2. The third-order valence-electron chi connectivity index (χ3n) is 5.97. The number of aliphatic hydroxyl groups excluding tert-OH is 2. The molecule has 0 amide bonds. The molecular formula is C31H54O6. The maximum Gasteiger partial charge on any atom is 0.305 e. The van der Waals surface area contributed by atoms with Crippen LogP contribution in [0.15, 0.2) is 36.5 Å². The summed E-state index contributed by atoms with van der Waals surface area (Å²) in [6.07, 6.45) is 26.8. The van der Waals surface area contributed by atoms with E-state index in [0.29, 0.717) is 19.3 Å². The zero-order valence-corrected chi connectivity index (χ0v) is 23.6. The minimum Gasteiger partial charge on any atom is -0.463 e. The molecule has 0 aromatic heterocycles. The van der Waals surface area contributed by atoms with Crippen molar-refractivity contribution in [3.05, 3.63) is 36.5 Å². The molecule has 2 N–H and O–H groups in total. The van der Waals surface area contributed by atoms with Crippen molar-refractivity contribution in [1.82, 2.24) is 0 Å². The van der Waals surface area contributed by atoms with Crippen molar-refractivity contribution in [2.24, 2.45) is 0 Å². The normalized spacial score (nSPS) is 13.5. The summed E-state index contributed by atoms with van der Waals surface area (Å²) in [5.41, 5.74) is 0. The zero-order chi connectivity index (χ0) is 27.4. The Kier molecular flexibility index (Phi) is 25.7. The molecule has 0 saturated heterocycles. The Balaban J connectivity index is 3.57. The molecule has 0 aliphatic rings. The molecule has 0 radical (unpaired) electrons. The molecule has 6 nitrogen and oxygen atoms in total. The lowest BCUT2D eigenvalue weighted by atomic mass is 10.1. The second kappa shape index (κ2) is 27.1. The Bertz CT molecular complexity index is 625. The first-order chi connectivity index (χ1) is 18.0. The summed E-state index contributed by atoms with van der Waals surface area (Å²) >= 11 is 0. The van der Waals surface area contributed by atoms with Gasteiger partial charge in [-0.3, -0.25) is 9.59 Å². The number of carbonyl (C=O) groups excluding carboxylic acids is 2. The molecule has 2 atom stereocenters. The van der Waals surface area contributed by atoms with Gasteiger partial charge in [-0.1, -0.05) is 108 Å². The summed E-state index contributed by atoms with van der Waals surface area (Å²) in [7, 11) is 0. The van der Waals surface area contributed by atoms with Gasteiger partial charge in [-0.15, -0.1) is 0 Å². The van der Waals surface area contributed by atoms with E-state index < -0.39 is 12.2 Å². The molecular weight excluding hydrogens is 468 g/mol. The fourth-order valence-electron chi connectivity index (χ4n) is 3.71. The molecule has 214 valence electrons. The zero-order valence-electron chi connectivity index (χ0n) is 23.6. The van der Waals surface area contributed by atoms with E-state index >= 15 is 0 Å². The van der Waals surface area contributed by atoms with Gasteiger partial charge in [0, 0.05) is 12.8 Å². The Labute approximate surface area is 226 Å². The number of esters is 2. The number of carbonyl (C=O) groups is 2. The van der Waals surface area contributed by atoms with E-state index in [2.05, 4.69) is 26.0 Å². The fraction of sp³-hybridized carbons (Fsp3) is 0.742. The second-order valence-corrected chi connectivity index (χ2v) is 9.69. The van der Waals surface area contributed by atoms with Crippen LogP contribution in [-0.2, 0) is 19.1 Å². The molecule has 0 aliphatic heterocycles. The molecule has 0 bridgehead atoms. The van der Waals surface area contributed by atoms with Gasteiger partial charge in [0.25, 0.3) is 0 Å². The summed E-state index contributed by atoms with van der Waals surface area (Å²) in [4.78, 5) is 23.6. The lowest BCUT2D eigenvalue weighted by Gasteiger charge is -2.12. The molecule has 0 saturated carbocycles. The standard InChI is InChI=1S/C31H54O6/c1-3-5-7-8-12-16-20-24-30(34)36-26-29(33)27-37-31(35)25-21-17-14-11-9-10-13-15-19-23-28(32)22-18-6-4-2/h6,13,15,18-19,23,28-29,32-33H,3-5,7-12,14,16-17,20-22,24-27H2,1-2H3/b15-13+,18-6+,23-19+/t28?,29-/m0/s1. The van der Waals surface area contributed by atoms with E-state index in [9.17, 15) is 19.8 Å². The third kappa shape index (κ3) is 26.9. The molecule has 0 aromatic carbocycles. The van der Waals surface area contributed by atoms with E-state index in [1.807, 2.05) is 18.2 Å². The molecule has 6 heteroatoms. The van der Waals surface area contributed by atoms with E-state index in [0.717, 1.165) is 64.2 Å². The molecule has 0 rings (SSSR count). The third-order valence-corrected chi connectivity index (χ3v) is 5.97. The van der Waals surface area contributed by atoms with Crippen LogP contribution in [0.5, 0.6) is 0 Å². The van der Waals surface area contributed by atoms with Crippen LogP contribution in [0.1, 0.15) is 123 Å². The van der Waals surface area contributed by atoms with Crippen LogP contribution < -0.4 is 0 Å². The first kappa shape index (κ1) is 35.1. The van der Waals surface area contributed by atoms with Crippen molar-refractivity contribution in [3.8, 4) is 0 Å². The second-order valence-electron chi connectivity index (χ2n) is 9.69. The predicted molar refractivity (Wildman–Crippen MR) is 151 cm³/mol. The van der Waals surface area contributed by atoms with E-state index in [-0.39, 0.29) is 25.2 Å². The first-order valence-corrected chi connectivity index (χ1v) is 14.6. The summed E-state index contributed by atoms with van der Waals surface area (Å²) < 4.78 is 10.2. The van der Waals surface area contributed by atoms with Crippen LogP contribution in [-0.4, -0.2) is 47.6 Å². The van der Waals surface area contributed by atoms with Crippen molar-refractivity contribution in [2.75, 3.05) is 13.2 Å². The average molecular weight is 523 g/mol. The number of allylic oxidation sites excluding steroid dienone is 4. The predicted octanol–water partition coefficient (Wildman–Crippen LogP) is 7.13. The number of ether oxygens (including phenoxy) is 2. The monoisotopic (exact) mass is 522 g/mol. The summed E-state index contributed by atoms with van der Waals surface area (Å²) in [5, 5.41) is 19.6. The van der Waals surface area contributed by atoms with Crippen molar-refractivity contribution < 1.29 is 29.3 Å². The lowest BCUT2D eigenvalue weighted by molar-refractivity contribution is -0.152. The molecule has 0 aliphatic carbocycles. The minimum absolute atomic E-state index is 0.135. The Morgan fingerprint density at radius 2 is 1.22 bits per heavy atom. The van der Waals surface area contributed by atoms with E-state index in [1.165, 1.54) is 25.7 Å². The van der Waals surface area contributed by atoms with Crippen LogP contribution in [0.25, 0.3) is 0 Å². The highest BCUT2D eigenvalue weighted by Crippen LogP contribution is 2.10. The van der Waals surface area contributed by atoms with Crippen LogP contribution in [0.3, 0.4) is 0 Å². The summed E-state index contributed by atoms with van der Waals surface area (Å²) in [6.45, 7) is 3.99. The van der Waals surface area contributed by atoms with Crippen molar-refractivity contribution >= 4 is 11.9 Å². The highest BCUT2D eigenvalue weighted by Gasteiger charge is 2.12. The van der Waals surface area contributed by atoms with Gasteiger partial charge in [0.1, 0.15) is 19.3 Å². The van der Waals surface area contributed by atoms with Crippen molar-refractivity contribution in [3.63, 3.8) is 0 Å². The van der Waals surface area contributed by atoms with Gasteiger partial charge in [0.05, 0.1) is 6.10 Å².